The van der Waals surface area contributed by atoms with E-state index in [2.05, 4.69) is 24.1 Å². The van der Waals surface area contributed by atoms with Crippen molar-refractivity contribution >= 4 is 15.7 Å². The number of carbonyl (C=O) groups is 1. The summed E-state index contributed by atoms with van der Waals surface area (Å²) in [5.74, 6) is 0.577. The summed E-state index contributed by atoms with van der Waals surface area (Å²) in [6.07, 6.45) is 3.37. The lowest BCUT2D eigenvalue weighted by molar-refractivity contribution is -0.122. The fourth-order valence-corrected chi connectivity index (χ4v) is 5.48. The number of benzene rings is 2. The molecule has 208 valence electrons. The monoisotopic (exact) mass is 555 g/mol. The summed E-state index contributed by atoms with van der Waals surface area (Å²) in [5.41, 5.74) is 0.715. The van der Waals surface area contributed by atoms with Crippen molar-refractivity contribution < 1.29 is 27.1 Å². The molecular weight excluding hydrogens is 521 g/mol. The second-order valence-corrected chi connectivity index (χ2v) is 12.5. The molecule has 1 aliphatic heterocycles. The summed E-state index contributed by atoms with van der Waals surface area (Å²) in [4.78, 5) is 19.3. The molecule has 10 heteroatoms. The molecule has 0 fully saturated rings. The molecule has 0 spiro atoms. The minimum absolute atomic E-state index is 0.0226. The molecule has 2 heterocycles. The quantitative estimate of drug-likeness (QED) is 0.444. The van der Waals surface area contributed by atoms with Gasteiger partial charge < -0.3 is 14.8 Å². The second-order valence-electron chi connectivity index (χ2n) is 10.4. The average Bonchev–Trinajstić information content (AvgIpc) is 2.89. The Kier molecular flexibility index (Phi) is 9.19. The topological polar surface area (TPSA) is 97.8 Å². The van der Waals surface area contributed by atoms with Crippen LogP contribution in [-0.4, -0.2) is 56.2 Å². The fraction of sp³-hybridized carbons (Fsp3) is 0.379. The van der Waals surface area contributed by atoms with Gasteiger partial charge in [0.1, 0.15) is 5.82 Å². The van der Waals surface area contributed by atoms with E-state index in [1.54, 1.807) is 6.20 Å². The zero-order valence-electron chi connectivity index (χ0n) is 22.2. The van der Waals surface area contributed by atoms with Crippen molar-refractivity contribution in [1.29, 1.82) is 0 Å². The lowest BCUT2D eigenvalue weighted by atomic mass is 9.88. The van der Waals surface area contributed by atoms with Crippen molar-refractivity contribution in [1.82, 2.24) is 15.2 Å². The van der Waals surface area contributed by atoms with Crippen LogP contribution in [0.25, 0.3) is 0 Å². The van der Waals surface area contributed by atoms with Gasteiger partial charge in [0.05, 0.1) is 23.8 Å². The molecule has 1 aromatic heterocycles. The van der Waals surface area contributed by atoms with Gasteiger partial charge in [-0.15, -0.1) is 0 Å². The van der Waals surface area contributed by atoms with E-state index in [9.17, 15) is 17.6 Å². The highest BCUT2D eigenvalue weighted by atomic mass is 32.2. The first kappa shape index (κ1) is 28.5. The molecule has 0 saturated carbocycles. The molecule has 1 aliphatic rings. The van der Waals surface area contributed by atoms with Crippen LogP contribution in [0.1, 0.15) is 32.3 Å². The average molecular weight is 556 g/mol. The number of rotatable bonds is 6. The molecule has 0 saturated heterocycles. The van der Waals surface area contributed by atoms with Crippen LogP contribution in [-0.2, 0) is 21.2 Å². The van der Waals surface area contributed by atoms with Gasteiger partial charge in [0.25, 0.3) is 0 Å². The Morgan fingerprint density at radius 1 is 1.08 bits per heavy atom. The third kappa shape index (κ3) is 8.24. The maximum atomic E-state index is 13.1. The lowest BCUT2D eigenvalue weighted by Crippen LogP contribution is -2.39. The van der Waals surface area contributed by atoms with Gasteiger partial charge in [0.2, 0.25) is 11.8 Å². The molecular formula is C29H34FN3O5S. The summed E-state index contributed by atoms with van der Waals surface area (Å²) >= 11 is 0. The van der Waals surface area contributed by atoms with Crippen LogP contribution in [0.2, 0.25) is 0 Å². The number of carbonyl (C=O) groups excluding carboxylic acids is 1. The van der Waals surface area contributed by atoms with E-state index in [-0.39, 0.29) is 35.1 Å². The molecule has 2 aromatic carbocycles. The minimum Gasteiger partial charge on any atom is -0.489 e. The largest absolute Gasteiger partial charge is 0.489 e. The molecule has 0 aliphatic carbocycles. The molecule has 1 N–H and O–H groups in total. The minimum atomic E-state index is -3.65. The van der Waals surface area contributed by atoms with E-state index in [0.717, 1.165) is 30.5 Å². The highest BCUT2D eigenvalue weighted by Crippen LogP contribution is 2.34. The molecule has 39 heavy (non-hydrogen) atoms. The summed E-state index contributed by atoms with van der Waals surface area (Å²) in [6.45, 7) is 5.90. The SMILES string of the molecule is CC1(C)CCCN(CC(=O)NCCS(=O)(=O)c2ccc(F)cc2)Cc2cccnc2Oc2ccccc2OC1. The number of hydrogen-bond donors (Lipinski definition) is 1. The standard InChI is InChI=1S/C29H34FN3O5S/c1-29(2)14-6-17-33(20-27(34)31-16-18-39(35,36)24-12-10-23(30)11-13-24)19-22-7-5-15-32-28(22)38-26-9-4-3-8-25(26)37-21-29/h3-5,7-13,15H,6,14,16-21H2,1-2H3,(H,31,34). The van der Waals surface area contributed by atoms with Gasteiger partial charge in [-0.05, 0) is 67.3 Å². The molecule has 3 aromatic rings. The van der Waals surface area contributed by atoms with Gasteiger partial charge >= 0.3 is 0 Å². The normalized spacial score (nSPS) is 16.2. The van der Waals surface area contributed by atoms with E-state index in [1.165, 1.54) is 12.1 Å². The molecule has 0 bridgehead atoms. The number of para-hydroxylation sites is 2. The van der Waals surface area contributed by atoms with Gasteiger partial charge in [-0.3, -0.25) is 9.69 Å². The van der Waals surface area contributed by atoms with Crippen LogP contribution >= 0.6 is 0 Å². The first-order valence-corrected chi connectivity index (χ1v) is 14.6. The van der Waals surface area contributed by atoms with Gasteiger partial charge in [-0.25, -0.2) is 17.8 Å². The Hall–Kier alpha value is -3.50. The van der Waals surface area contributed by atoms with Gasteiger partial charge in [0, 0.05) is 24.8 Å². The lowest BCUT2D eigenvalue weighted by Gasteiger charge is -2.27. The number of ether oxygens (including phenoxy) is 2. The zero-order valence-corrected chi connectivity index (χ0v) is 23.0. The van der Waals surface area contributed by atoms with Crippen LogP contribution < -0.4 is 14.8 Å². The van der Waals surface area contributed by atoms with Gasteiger partial charge in [0.15, 0.2) is 21.3 Å². The Balaban J connectivity index is 1.45. The number of aromatic nitrogens is 1. The Morgan fingerprint density at radius 2 is 1.82 bits per heavy atom. The zero-order chi connectivity index (χ0) is 27.9. The number of hydrogen-bond acceptors (Lipinski definition) is 7. The number of pyridine rings is 1. The van der Waals surface area contributed by atoms with Crippen LogP contribution in [0.15, 0.2) is 71.8 Å². The number of fused-ring (bicyclic) bond motifs is 2. The molecule has 1 amide bonds. The second kappa shape index (κ2) is 12.6. The van der Waals surface area contributed by atoms with E-state index < -0.39 is 15.7 Å². The Labute approximate surface area is 229 Å². The fourth-order valence-electron chi connectivity index (χ4n) is 4.32. The van der Waals surface area contributed by atoms with Gasteiger partial charge in [-0.1, -0.05) is 32.0 Å². The van der Waals surface area contributed by atoms with Crippen molar-refractivity contribution in [3.05, 3.63) is 78.2 Å². The Bertz CT molecular complexity index is 1380. The van der Waals surface area contributed by atoms with Crippen molar-refractivity contribution in [3.63, 3.8) is 0 Å². The number of nitrogens with zero attached hydrogens (tertiary/aromatic N) is 2. The van der Waals surface area contributed by atoms with E-state index >= 15 is 0 Å². The predicted octanol–water partition coefficient (Wildman–Crippen LogP) is 4.60. The molecule has 0 atom stereocenters. The number of nitrogens with one attached hydrogen (secondary N) is 1. The van der Waals surface area contributed by atoms with Crippen LogP contribution in [0.5, 0.6) is 17.4 Å². The maximum Gasteiger partial charge on any atom is 0.234 e. The van der Waals surface area contributed by atoms with Crippen LogP contribution in [0, 0.1) is 11.2 Å². The first-order chi connectivity index (χ1) is 18.6. The number of amides is 1. The van der Waals surface area contributed by atoms with E-state index in [1.807, 2.05) is 41.3 Å². The summed E-state index contributed by atoms with van der Waals surface area (Å²) in [7, 11) is -3.65. The third-order valence-corrected chi connectivity index (χ3v) is 8.21. The van der Waals surface area contributed by atoms with Gasteiger partial charge in [-0.2, -0.15) is 0 Å². The molecule has 4 rings (SSSR count). The van der Waals surface area contributed by atoms with Crippen LogP contribution in [0.3, 0.4) is 0 Å². The highest BCUT2D eigenvalue weighted by molar-refractivity contribution is 7.91. The van der Waals surface area contributed by atoms with Crippen molar-refractivity contribution in [3.8, 4) is 17.4 Å². The number of halogens is 1. The molecule has 8 nitrogen and oxygen atoms in total. The van der Waals surface area contributed by atoms with Crippen molar-refractivity contribution in [2.45, 2.75) is 38.1 Å². The summed E-state index contributed by atoms with van der Waals surface area (Å²) in [6, 6.07) is 15.9. The maximum absolute atomic E-state index is 13.1. The predicted molar refractivity (Wildman–Crippen MR) is 146 cm³/mol. The summed E-state index contributed by atoms with van der Waals surface area (Å²) < 4.78 is 50.5. The Morgan fingerprint density at radius 3 is 2.59 bits per heavy atom. The number of sulfone groups is 1. The van der Waals surface area contributed by atoms with E-state index in [4.69, 9.17) is 9.47 Å². The summed E-state index contributed by atoms with van der Waals surface area (Å²) in [5, 5.41) is 2.72. The first-order valence-electron chi connectivity index (χ1n) is 12.9. The highest BCUT2D eigenvalue weighted by Gasteiger charge is 2.23. The molecule has 0 unspecified atom stereocenters. The van der Waals surface area contributed by atoms with E-state index in [0.29, 0.717) is 37.1 Å². The molecule has 0 radical (unpaired) electrons. The van der Waals surface area contributed by atoms with Crippen molar-refractivity contribution in [2.24, 2.45) is 5.41 Å². The smallest absolute Gasteiger partial charge is 0.234 e. The third-order valence-electron chi connectivity index (χ3n) is 6.48. The van der Waals surface area contributed by atoms with Crippen molar-refractivity contribution in [2.75, 3.05) is 32.0 Å². The van der Waals surface area contributed by atoms with Crippen LogP contribution in [0.4, 0.5) is 4.39 Å².